The van der Waals surface area contributed by atoms with Crippen molar-refractivity contribution in [2.75, 3.05) is 12.3 Å². The van der Waals surface area contributed by atoms with Crippen LogP contribution >= 0.6 is 11.8 Å². The molecule has 1 atom stereocenters. The van der Waals surface area contributed by atoms with Gasteiger partial charge in [-0.15, -0.1) is 11.8 Å². The van der Waals surface area contributed by atoms with Crippen LogP contribution in [0, 0.1) is 0 Å². The van der Waals surface area contributed by atoms with Crippen LogP contribution < -0.4 is 10.1 Å². The lowest BCUT2D eigenvalue weighted by Gasteiger charge is -2.23. The Balaban J connectivity index is 1.86. The molecule has 1 fully saturated rings. The van der Waals surface area contributed by atoms with Crippen molar-refractivity contribution >= 4 is 11.8 Å². The molecule has 2 nitrogen and oxygen atoms in total. The van der Waals surface area contributed by atoms with Crippen LogP contribution in [-0.4, -0.2) is 23.8 Å². The standard InChI is InChI=1S/C13H17F2NOS/c1-13(16-8-9-18-13)7-6-10-2-4-11(5-3-10)17-12(14)15/h2-5,12,16H,6-9H2,1H3. The zero-order valence-electron chi connectivity index (χ0n) is 10.3. The Morgan fingerprint density at radius 2 is 2.11 bits per heavy atom. The molecule has 1 aromatic rings. The number of benzene rings is 1. The number of hydrogen-bond donors (Lipinski definition) is 1. The number of halogens is 2. The molecule has 0 saturated carbocycles. The molecule has 1 aliphatic heterocycles. The first-order valence-electron chi connectivity index (χ1n) is 6.00. The quantitative estimate of drug-likeness (QED) is 0.889. The van der Waals surface area contributed by atoms with E-state index in [9.17, 15) is 8.78 Å². The molecule has 1 heterocycles. The highest BCUT2D eigenvalue weighted by atomic mass is 32.2. The number of alkyl halides is 2. The number of aryl methyl sites for hydroxylation is 1. The maximum atomic E-state index is 12.0. The molecule has 1 N–H and O–H groups in total. The topological polar surface area (TPSA) is 21.3 Å². The maximum absolute atomic E-state index is 12.0. The van der Waals surface area contributed by atoms with Crippen molar-refractivity contribution in [3.63, 3.8) is 0 Å². The van der Waals surface area contributed by atoms with Crippen LogP contribution in [0.15, 0.2) is 24.3 Å². The van der Waals surface area contributed by atoms with Gasteiger partial charge in [0.1, 0.15) is 5.75 Å². The van der Waals surface area contributed by atoms with Gasteiger partial charge in [-0.25, -0.2) is 0 Å². The Hall–Kier alpha value is -0.810. The van der Waals surface area contributed by atoms with Gasteiger partial charge in [-0.2, -0.15) is 8.78 Å². The van der Waals surface area contributed by atoms with Gasteiger partial charge in [-0.1, -0.05) is 12.1 Å². The highest BCUT2D eigenvalue weighted by Crippen LogP contribution is 2.31. The second kappa shape index (κ2) is 5.89. The van der Waals surface area contributed by atoms with Crippen molar-refractivity contribution in [3.8, 4) is 5.75 Å². The first kappa shape index (κ1) is 13.6. The summed E-state index contributed by atoms with van der Waals surface area (Å²) in [5, 5.41) is 3.48. The molecule has 1 unspecified atom stereocenters. The minimum atomic E-state index is -2.76. The second-order valence-corrected chi connectivity index (χ2v) is 6.13. The average molecular weight is 273 g/mol. The first-order valence-corrected chi connectivity index (χ1v) is 6.99. The highest BCUT2D eigenvalue weighted by molar-refractivity contribution is 8.00. The Labute approximate surface area is 110 Å². The summed E-state index contributed by atoms with van der Waals surface area (Å²) >= 11 is 1.94. The molecule has 0 bridgehead atoms. The van der Waals surface area contributed by atoms with Crippen LogP contribution in [0.4, 0.5) is 8.78 Å². The summed E-state index contributed by atoms with van der Waals surface area (Å²) in [6, 6.07) is 6.89. The van der Waals surface area contributed by atoms with Gasteiger partial charge in [0.25, 0.3) is 0 Å². The minimum absolute atomic E-state index is 0.151. The molecule has 100 valence electrons. The van der Waals surface area contributed by atoms with Crippen LogP contribution in [0.3, 0.4) is 0 Å². The molecular weight excluding hydrogens is 256 g/mol. The van der Waals surface area contributed by atoms with Crippen molar-refractivity contribution in [2.45, 2.75) is 31.2 Å². The molecule has 0 aromatic heterocycles. The third-order valence-electron chi connectivity index (χ3n) is 3.06. The van der Waals surface area contributed by atoms with E-state index >= 15 is 0 Å². The normalized spacial score (nSPS) is 23.6. The van der Waals surface area contributed by atoms with E-state index in [1.165, 1.54) is 0 Å². The molecule has 0 aliphatic carbocycles. The van der Waals surface area contributed by atoms with E-state index in [0.717, 1.165) is 30.7 Å². The first-order chi connectivity index (χ1) is 8.57. The van der Waals surface area contributed by atoms with Crippen molar-refractivity contribution in [2.24, 2.45) is 0 Å². The fraction of sp³-hybridized carbons (Fsp3) is 0.538. The molecule has 1 saturated heterocycles. The summed E-state index contributed by atoms with van der Waals surface area (Å²) in [6.45, 7) is 0.509. The highest BCUT2D eigenvalue weighted by Gasteiger charge is 2.27. The largest absolute Gasteiger partial charge is 0.435 e. The molecule has 1 aliphatic rings. The molecule has 0 amide bonds. The Kier molecular flexibility index (Phi) is 4.45. The van der Waals surface area contributed by atoms with E-state index in [0.29, 0.717) is 0 Å². The second-order valence-electron chi connectivity index (χ2n) is 4.53. The van der Waals surface area contributed by atoms with E-state index in [2.05, 4.69) is 17.0 Å². The number of hydrogen-bond acceptors (Lipinski definition) is 3. The van der Waals surface area contributed by atoms with Gasteiger partial charge in [0, 0.05) is 12.3 Å². The lowest BCUT2D eigenvalue weighted by Crippen LogP contribution is -2.33. The zero-order valence-corrected chi connectivity index (χ0v) is 11.1. The number of ether oxygens (including phenoxy) is 1. The van der Waals surface area contributed by atoms with E-state index in [1.54, 1.807) is 12.1 Å². The maximum Gasteiger partial charge on any atom is 0.387 e. The summed E-state index contributed by atoms with van der Waals surface area (Å²) in [4.78, 5) is 0.151. The van der Waals surface area contributed by atoms with Crippen LogP contribution in [-0.2, 0) is 6.42 Å². The van der Waals surface area contributed by atoms with Crippen molar-refractivity contribution < 1.29 is 13.5 Å². The Bertz CT molecular complexity index is 377. The number of rotatable bonds is 5. The number of thioether (sulfide) groups is 1. The predicted molar refractivity (Wildman–Crippen MR) is 70.3 cm³/mol. The van der Waals surface area contributed by atoms with Crippen molar-refractivity contribution in [1.29, 1.82) is 0 Å². The monoisotopic (exact) mass is 273 g/mol. The van der Waals surface area contributed by atoms with Gasteiger partial charge >= 0.3 is 6.61 Å². The SMILES string of the molecule is CC1(CCc2ccc(OC(F)F)cc2)NCCS1. The minimum Gasteiger partial charge on any atom is -0.435 e. The Morgan fingerprint density at radius 3 is 2.67 bits per heavy atom. The molecule has 0 spiro atoms. The molecule has 5 heteroatoms. The smallest absolute Gasteiger partial charge is 0.387 e. The third kappa shape index (κ3) is 3.85. The lowest BCUT2D eigenvalue weighted by atomic mass is 10.1. The Morgan fingerprint density at radius 1 is 1.39 bits per heavy atom. The van der Waals surface area contributed by atoms with Crippen LogP contribution in [0.1, 0.15) is 18.9 Å². The van der Waals surface area contributed by atoms with Gasteiger partial charge in [0.15, 0.2) is 0 Å². The average Bonchev–Trinajstić information content (AvgIpc) is 2.75. The lowest BCUT2D eigenvalue weighted by molar-refractivity contribution is -0.0498. The van der Waals surface area contributed by atoms with E-state index in [-0.39, 0.29) is 10.6 Å². The molecular formula is C13H17F2NOS. The summed E-state index contributed by atoms with van der Waals surface area (Å²) in [5.41, 5.74) is 1.15. The van der Waals surface area contributed by atoms with Gasteiger partial charge in [0.05, 0.1) is 4.87 Å². The summed E-state index contributed by atoms with van der Waals surface area (Å²) in [5.74, 6) is 1.37. The fourth-order valence-electron chi connectivity index (χ4n) is 2.02. The van der Waals surface area contributed by atoms with Gasteiger partial charge in [0.2, 0.25) is 0 Å². The van der Waals surface area contributed by atoms with Gasteiger partial charge in [-0.3, -0.25) is 0 Å². The van der Waals surface area contributed by atoms with Crippen LogP contribution in [0.5, 0.6) is 5.75 Å². The van der Waals surface area contributed by atoms with Crippen molar-refractivity contribution in [3.05, 3.63) is 29.8 Å². The molecule has 1 aromatic carbocycles. The molecule has 0 radical (unpaired) electrons. The molecule has 2 rings (SSSR count). The van der Waals surface area contributed by atoms with E-state index in [1.807, 2.05) is 23.9 Å². The summed E-state index contributed by atoms with van der Waals surface area (Å²) in [6.07, 6.45) is 1.97. The van der Waals surface area contributed by atoms with Gasteiger partial charge < -0.3 is 10.1 Å². The zero-order chi connectivity index (χ0) is 13.0. The number of nitrogens with one attached hydrogen (secondary N) is 1. The van der Waals surface area contributed by atoms with E-state index in [4.69, 9.17) is 0 Å². The van der Waals surface area contributed by atoms with Crippen molar-refractivity contribution in [1.82, 2.24) is 5.32 Å². The molecule has 18 heavy (non-hydrogen) atoms. The van der Waals surface area contributed by atoms with Gasteiger partial charge in [-0.05, 0) is 37.5 Å². The third-order valence-corrected chi connectivity index (χ3v) is 4.45. The summed E-state index contributed by atoms with van der Waals surface area (Å²) in [7, 11) is 0. The predicted octanol–water partition coefficient (Wildman–Crippen LogP) is 3.27. The summed E-state index contributed by atoms with van der Waals surface area (Å²) < 4.78 is 28.3. The van der Waals surface area contributed by atoms with Crippen LogP contribution in [0.2, 0.25) is 0 Å². The van der Waals surface area contributed by atoms with E-state index < -0.39 is 6.61 Å². The fourth-order valence-corrected chi connectivity index (χ4v) is 3.13. The van der Waals surface area contributed by atoms with Crippen LogP contribution in [0.25, 0.3) is 0 Å².